The number of amides is 2. The Bertz CT molecular complexity index is 777. The summed E-state index contributed by atoms with van der Waals surface area (Å²) in [4.78, 5) is 18.2. The van der Waals surface area contributed by atoms with Gasteiger partial charge in [0.05, 0.1) is 12.6 Å². The summed E-state index contributed by atoms with van der Waals surface area (Å²) in [5.74, 6) is 1.59. The van der Waals surface area contributed by atoms with Crippen molar-refractivity contribution in [2.75, 3.05) is 45.9 Å². The minimum Gasteiger partial charge on any atom is -0.379 e. The van der Waals surface area contributed by atoms with Gasteiger partial charge in [-0.1, -0.05) is 49.5 Å². The van der Waals surface area contributed by atoms with E-state index in [1.807, 2.05) is 9.80 Å². The molecule has 3 atom stereocenters. The van der Waals surface area contributed by atoms with E-state index in [1.165, 1.54) is 17.8 Å². The van der Waals surface area contributed by atoms with Crippen LogP contribution in [0.3, 0.4) is 0 Å². The molecule has 0 bridgehead atoms. The van der Waals surface area contributed by atoms with Gasteiger partial charge in [-0.2, -0.15) is 0 Å². The van der Waals surface area contributed by atoms with E-state index in [2.05, 4.69) is 95.6 Å². The van der Waals surface area contributed by atoms with E-state index in [0.717, 1.165) is 64.1 Å². The van der Waals surface area contributed by atoms with Gasteiger partial charge in [0.15, 0.2) is 0 Å². The number of nitrogens with zero attached hydrogens (tertiary/aromatic N) is 3. The van der Waals surface area contributed by atoms with Crippen molar-refractivity contribution >= 4 is 6.03 Å². The van der Waals surface area contributed by atoms with Crippen molar-refractivity contribution in [1.82, 2.24) is 20.0 Å². The van der Waals surface area contributed by atoms with Crippen LogP contribution in [0.2, 0.25) is 0 Å². The smallest absolute Gasteiger partial charge is 0.320 e. The maximum Gasteiger partial charge on any atom is 0.320 e. The highest BCUT2D eigenvalue weighted by molar-refractivity contribution is 5.77. The fourth-order valence-electron chi connectivity index (χ4n) is 5.01. The molecule has 204 valence electrons. The molecule has 36 heavy (non-hydrogen) atoms. The fraction of sp³-hybridized carbons (Fsp3) is 0.700. The van der Waals surface area contributed by atoms with Gasteiger partial charge in [0.25, 0.3) is 0 Å². The molecule has 0 spiro atoms. The lowest BCUT2D eigenvalue weighted by molar-refractivity contribution is 0.149. The van der Waals surface area contributed by atoms with Crippen LogP contribution in [0.4, 0.5) is 4.79 Å². The van der Waals surface area contributed by atoms with Crippen LogP contribution in [0.1, 0.15) is 61.3 Å². The molecule has 0 saturated carbocycles. The molecule has 6 heteroatoms. The molecule has 2 unspecified atom stereocenters. The number of hydrogen-bond acceptors (Lipinski definition) is 4. The van der Waals surface area contributed by atoms with Gasteiger partial charge in [-0.05, 0) is 79.3 Å². The Hall–Kier alpha value is -2.05. The number of allylic oxidation sites excluding steroid dienone is 7. The Morgan fingerprint density at radius 3 is 2.50 bits per heavy atom. The van der Waals surface area contributed by atoms with E-state index in [0.29, 0.717) is 18.1 Å². The third-order valence-corrected chi connectivity index (χ3v) is 7.45. The monoisotopic (exact) mass is 500 g/mol. The van der Waals surface area contributed by atoms with Crippen LogP contribution in [-0.2, 0) is 4.74 Å². The molecule has 0 aromatic carbocycles. The van der Waals surface area contributed by atoms with E-state index in [4.69, 9.17) is 4.74 Å². The summed E-state index contributed by atoms with van der Waals surface area (Å²) in [6.07, 6.45) is 12.7. The first-order valence-electron chi connectivity index (χ1n) is 13.9. The van der Waals surface area contributed by atoms with Gasteiger partial charge < -0.3 is 24.8 Å². The minimum absolute atomic E-state index is 0.190. The summed E-state index contributed by atoms with van der Waals surface area (Å²) in [5, 5.41) is 3.45. The average molecular weight is 501 g/mol. The van der Waals surface area contributed by atoms with E-state index in [1.54, 1.807) is 0 Å². The second-order valence-electron chi connectivity index (χ2n) is 11.1. The Kier molecular flexibility index (Phi) is 12.8. The van der Waals surface area contributed by atoms with Crippen LogP contribution in [0.5, 0.6) is 0 Å². The number of carbonyl (C=O) groups excluding carboxylic acids is 1. The number of urea groups is 1. The van der Waals surface area contributed by atoms with Gasteiger partial charge in [-0.15, -0.1) is 0 Å². The second kappa shape index (κ2) is 15.3. The highest BCUT2D eigenvalue weighted by atomic mass is 16.5. The van der Waals surface area contributed by atoms with Crippen LogP contribution in [0, 0.1) is 11.8 Å². The number of nitrogens with one attached hydrogen (secondary N) is 1. The fourth-order valence-corrected chi connectivity index (χ4v) is 5.01. The molecule has 2 amide bonds. The number of hydrogen-bond donors (Lipinski definition) is 1. The summed E-state index contributed by atoms with van der Waals surface area (Å²) in [6, 6.07) is 1.40. The Morgan fingerprint density at radius 1 is 1.22 bits per heavy atom. The average Bonchev–Trinajstić information content (AvgIpc) is 3.53. The van der Waals surface area contributed by atoms with Crippen molar-refractivity contribution in [3.8, 4) is 0 Å². The maximum atomic E-state index is 11.9. The second-order valence-corrected chi connectivity index (χ2v) is 11.1. The Morgan fingerprint density at radius 2 is 1.97 bits per heavy atom. The number of rotatable bonds is 6. The van der Waals surface area contributed by atoms with Crippen molar-refractivity contribution < 1.29 is 9.53 Å². The van der Waals surface area contributed by atoms with Crippen molar-refractivity contribution in [3.63, 3.8) is 0 Å². The van der Waals surface area contributed by atoms with Crippen LogP contribution >= 0.6 is 0 Å². The van der Waals surface area contributed by atoms with Crippen LogP contribution in [0.25, 0.3) is 0 Å². The van der Waals surface area contributed by atoms with Gasteiger partial charge in [0, 0.05) is 44.0 Å². The SMILES string of the molecule is C=C(C)N(C[C@H]1CNCC1C)C(C)C.CC(C)N1CCN(C2CCOC2)C1=O.CC1=CCC=CC=C1. The highest BCUT2D eigenvalue weighted by Crippen LogP contribution is 2.21. The third-order valence-electron chi connectivity index (χ3n) is 7.45. The molecule has 0 aromatic heterocycles. The van der Waals surface area contributed by atoms with E-state index >= 15 is 0 Å². The largest absolute Gasteiger partial charge is 0.379 e. The van der Waals surface area contributed by atoms with E-state index < -0.39 is 0 Å². The number of ether oxygens (including phenoxy) is 1. The molecule has 4 rings (SSSR count). The summed E-state index contributed by atoms with van der Waals surface area (Å²) in [6.45, 7) is 26.0. The Balaban J connectivity index is 0.000000198. The topological polar surface area (TPSA) is 48.0 Å². The molecule has 3 fully saturated rings. The lowest BCUT2D eigenvalue weighted by Crippen LogP contribution is -2.41. The van der Waals surface area contributed by atoms with Crippen LogP contribution in [-0.4, -0.2) is 84.8 Å². The molecule has 6 nitrogen and oxygen atoms in total. The normalized spacial score (nSPS) is 25.4. The zero-order valence-corrected chi connectivity index (χ0v) is 24.0. The minimum atomic E-state index is 0.190. The molecule has 0 aromatic rings. The van der Waals surface area contributed by atoms with Crippen LogP contribution in [0.15, 0.2) is 48.2 Å². The van der Waals surface area contributed by atoms with E-state index in [-0.39, 0.29) is 6.03 Å². The molecular formula is C30H52N4O2. The standard InChI is InChI=1S/C12H24N2.C10H18N2O2.C8H10/c1-9(2)14(10(3)4)8-12-7-13-6-11(12)5;1-8(2)11-4-5-12(10(11)13)9-3-6-14-7-9;1-8-6-4-2-3-5-7-8/h10-13H,1,6-8H2,2-5H3;8-9H,3-7H2,1-2H3;2-4,6-7H,5H2,1H3/t11?,12-;;/m1../s1. The summed E-state index contributed by atoms with van der Waals surface area (Å²) in [5.41, 5.74) is 2.55. The molecule has 3 saturated heterocycles. The lowest BCUT2D eigenvalue weighted by Gasteiger charge is -2.32. The first-order valence-corrected chi connectivity index (χ1v) is 13.9. The van der Waals surface area contributed by atoms with Crippen LogP contribution < -0.4 is 5.32 Å². The van der Waals surface area contributed by atoms with Gasteiger partial charge >= 0.3 is 6.03 Å². The molecular weight excluding hydrogens is 448 g/mol. The molecule has 1 aliphatic carbocycles. The van der Waals surface area contributed by atoms with Gasteiger partial charge in [0.2, 0.25) is 0 Å². The number of carbonyl (C=O) groups is 1. The maximum absolute atomic E-state index is 11.9. The summed E-state index contributed by atoms with van der Waals surface area (Å²) >= 11 is 0. The highest BCUT2D eigenvalue weighted by Gasteiger charge is 2.36. The van der Waals surface area contributed by atoms with Gasteiger partial charge in [-0.25, -0.2) is 4.79 Å². The summed E-state index contributed by atoms with van der Waals surface area (Å²) in [7, 11) is 0. The summed E-state index contributed by atoms with van der Waals surface area (Å²) < 4.78 is 5.30. The zero-order valence-electron chi connectivity index (χ0n) is 24.0. The molecule has 1 N–H and O–H groups in total. The van der Waals surface area contributed by atoms with Gasteiger partial charge in [0.1, 0.15) is 0 Å². The third kappa shape index (κ3) is 9.44. The quantitative estimate of drug-likeness (QED) is 0.526. The zero-order chi connectivity index (χ0) is 26.7. The van der Waals surface area contributed by atoms with Crippen molar-refractivity contribution in [2.24, 2.45) is 11.8 Å². The van der Waals surface area contributed by atoms with Gasteiger partial charge in [-0.3, -0.25) is 0 Å². The van der Waals surface area contributed by atoms with E-state index in [9.17, 15) is 4.79 Å². The van der Waals surface area contributed by atoms with Crippen molar-refractivity contribution in [1.29, 1.82) is 0 Å². The van der Waals surface area contributed by atoms with Crippen molar-refractivity contribution in [2.45, 2.75) is 79.4 Å². The molecule has 0 radical (unpaired) electrons. The predicted molar refractivity (Wildman–Crippen MR) is 152 cm³/mol. The predicted octanol–water partition coefficient (Wildman–Crippen LogP) is 5.46. The van der Waals surface area contributed by atoms with Crippen molar-refractivity contribution in [3.05, 3.63) is 48.2 Å². The molecule has 3 heterocycles. The first kappa shape index (κ1) is 30.2. The molecule has 4 aliphatic rings. The Labute approximate surface area is 221 Å². The molecule has 3 aliphatic heterocycles. The first-order chi connectivity index (χ1) is 17.1. The lowest BCUT2D eigenvalue weighted by atomic mass is 9.97.